The maximum absolute atomic E-state index is 14.1. The van der Waals surface area contributed by atoms with Crippen LogP contribution in [0.5, 0.6) is 17.2 Å². The van der Waals surface area contributed by atoms with Gasteiger partial charge in [0.2, 0.25) is 0 Å². The molecule has 3 N–H and O–H groups in total. The number of rotatable bonds is 5. The zero-order valence-electron chi connectivity index (χ0n) is 12.0. The third-order valence-corrected chi connectivity index (χ3v) is 3.21. The maximum Gasteiger partial charge on any atom is 0.168 e. The van der Waals surface area contributed by atoms with Crippen molar-refractivity contribution in [3.63, 3.8) is 0 Å². The van der Waals surface area contributed by atoms with Crippen molar-refractivity contribution >= 4 is 0 Å². The van der Waals surface area contributed by atoms with Gasteiger partial charge in [-0.3, -0.25) is 0 Å². The van der Waals surface area contributed by atoms with E-state index in [1.54, 1.807) is 0 Å². The molecule has 2 aromatic carbocycles. The Morgan fingerprint density at radius 1 is 1.10 bits per heavy atom. The summed E-state index contributed by atoms with van der Waals surface area (Å²) < 4.78 is 24.8. The highest BCUT2D eigenvalue weighted by atomic mass is 19.1. The fourth-order valence-corrected chi connectivity index (χ4v) is 2.25. The molecule has 0 radical (unpaired) electrons. The van der Waals surface area contributed by atoms with Gasteiger partial charge in [0.1, 0.15) is 11.6 Å². The number of hydrogen-bond donors (Lipinski definition) is 2. The molecule has 0 unspecified atom stereocenters. The smallest absolute Gasteiger partial charge is 0.168 e. The molecule has 5 heteroatoms. The van der Waals surface area contributed by atoms with Gasteiger partial charge in [-0.1, -0.05) is 0 Å². The number of nitrogens with two attached hydrogens (primary N) is 1. The van der Waals surface area contributed by atoms with E-state index in [1.165, 1.54) is 26.4 Å². The second-order valence-electron chi connectivity index (χ2n) is 4.58. The molecule has 21 heavy (non-hydrogen) atoms. The molecule has 0 amide bonds. The summed E-state index contributed by atoms with van der Waals surface area (Å²) in [5.41, 5.74) is 7.41. The largest absolute Gasteiger partial charge is 0.508 e. The molecule has 0 saturated carbocycles. The number of aromatic hydroxyl groups is 1. The fourth-order valence-electron chi connectivity index (χ4n) is 2.25. The minimum atomic E-state index is -0.528. The Morgan fingerprint density at radius 2 is 1.86 bits per heavy atom. The van der Waals surface area contributed by atoms with Crippen molar-refractivity contribution in [3.8, 4) is 28.4 Å². The van der Waals surface area contributed by atoms with E-state index in [0.29, 0.717) is 35.6 Å². The molecular formula is C16H18FNO3. The van der Waals surface area contributed by atoms with Gasteiger partial charge >= 0.3 is 0 Å². The van der Waals surface area contributed by atoms with Gasteiger partial charge in [-0.05, 0) is 42.8 Å². The molecular weight excluding hydrogens is 273 g/mol. The van der Waals surface area contributed by atoms with Gasteiger partial charge < -0.3 is 20.3 Å². The highest BCUT2D eigenvalue weighted by Crippen LogP contribution is 2.40. The summed E-state index contributed by atoms with van der Waals surface area (Å²) >= 11 is 0. The van der Waals surface area contributed by atoms with Gasteiger partial charge in [-0.25, -0.2) is 4.39 Å². The van der Waals surface area contributed by atoms with Crippen molar-refractivity contribution in [1.29, 1.82) is 0 Å². The normalized spacial score (nSPS) is 10.5. The SMILES string of the molecule is COc1cc(CCN)cc(-c2ccc(O)cc2F)c1OC. The monoisotopic (exact) mass is 291 g/mol. The van der Waals surface area contributed by atoms with E-state index < -0.39 is 5.82 Å². The highest BCUT2D eigenvalue weighted by Gasteiger charge is 2.17. The quantitative estimate of drug-likeness (QED) is 0.889. The molecule has 0 atom stereocenters. The van der Waals surface area contributed by atoms with E-state index in [2.05, 4.69) is 0 Å². The van der Waals surface area contributed by atoms with E-state index in [-0.39, 0.29) is 5.75 Å². The van der Waals surface area contributed by atoms with E-state index in [9.17, 15) is 9.50 Å². The number of halogens is 1. The van der Waals surface area contributed by atoms with Crippen molar-refractivity contribution in [3.05, 3.63) is 41.7 Å². The van der Waals surface area contributed by atoms with Crippen molar-refractivity contribution in [2.24, 2.45) is 5.73 Å². The number of phenolic OH excluding ortho intramolecular Hbond substituents is 1. The number of benzene rings is 2. The summed E-state index contributed by atoms with van der Waals surface area (Å²) in [6, 6.07) is 7.65. The topological polar surface area (TPSA) is 64.7 Å². The third-order valence-electron chi connectivity index (χ3n) is 3.21. The van der Waals surface area contributed by atoms with Crippen molar-refractivity contribution < 1.29 is 19.0 Å². The Labute approximate surface area is 122 Å². The lowest BCUT2D eigenvalue weighted by atomic mass is 9.99. The number of ether oxygens (including phenoxy) is 2. The summed E-state index contributed by atoms with van der Waals surface area (Å²) in [5.74, 6) is 0.314. The lowest BCUT2D eigenvalue weighted by Gasteiger charge is -2.16. The molecule has 0 spiro atoms. The Kier molecular flexibility index (Phi) is 4.65. The van der Waals surface area contributed by atoms with Crippen LogP contribution in [0.2, 0.25) is 0 Å². The first-order chi connectivity index (χ1) is 10.1. The van der Waals surface area contributed by atoms with Gasteiger partial charge in [-0.2, -0.15) is 0 Å². The summed E-state index contributed by atoms with van der Waals surface area (Å²) in [7, 11) is 3.03. The van der Waals surface area contributed by atoms with Crippen LogP contribution in [0.3, 0.4) is 0 Å². The average Bonchev–Trinajstić information content (AvgIpc) is 2.46. The summed E-state index contributed by atoms with van der Waals surface area (Å²) in [4.78, 5) is 0. The van der Waals surface area contributed by atoms with Crippen LogP contribution in [0.1, 0.15) is 5.56 Å². The van der Waals surface area contributed by atoms with Crippen molar-refractivity contribution in [2.45, 2.75) is 6.42 Å². The summed E-state index contributed by atoms with van der Waals surface area (Å²) in [6.45, 7) is 0.479. The first kappa shape index (κ1) is 15.1. The molecule has 0 fully saturated rings. The molecule has 2 aromatic rings. The van der Waals surface area contributed by atoms with Gasteiger partial charge in [-0.15, -0.1) is 0 Å². The van der Waals surface area contributed by atoms with Gasteiger partial charge in [0.05, 0.1) is 14.2 Å². The molecule has 0 aliphatic rings. The van der Waals surface area contributed by atoms with E-state index in [4.69, 9.17) is 15.2 Å². The molecule has 0 saturated heterocycles. The van der Waals surface area contributed by atoms with Gasteiger partial charge in [0, 0.05) is 17.2 Å². The Hall–Kier alpha value is -2.27. The Balaban J connectivity index is 2.66. The molecule has 112 valence electrons. The van der Waals surface area contributed by atoms with Crippen LogP contribution in [0, 0.1) is 5.82 Å². The highest BCUT2D eigenvalue weighted by molar-refractivity contribution is 5.75. The van der Waals surface area contributed by atoms with E-state index >= 15 is 0 Å². The van der Waals surface area contributed by atoms with Crippen LogP contribution in [0.4, 0.5) is 4.39 Å². The van der Waals surface area contributed by atoms with Crippen LogP contribution < -0.4 is 15.2 Å². The summed E-state index contributed by atoms with van der Waals surface area (Å²) in [6.07, 6.45) is 0.646. The number of phenols is 1. The molecule has 0 bridgehead atoms. The van der Waals surface area contributed by atoms with Crippen LogP contribution in [-0.4, -0.2) is 25.9 Å². The van der Waals surface area contributed by atoms with Crippen LogP contribution in [-0.2, 0) is 6.42 Å². The van der Waals surface area contributed by atoms with E-state index in [0.717, 1.165) is 11.6 Å². The van der Waals surface area contributed by atoms with Crippen molar-refractivity contribution in [2.75, 3.05) is 20.8 Å². The third kappa shape index (κ3) is 3.08. The molecule has 0 heterocycles. The predicted octanol–water partition coefficient (Wildman–Crippen LogP) is 2.72. The van der Waals surface area contributed by atoms with Crippen LogP contribution in [0.15, 0.2) is 30.3 Å². The average molecular weight is 291 g/mol. The fraction of sp³-hybridized carbons (Fsp3) is 0.250. The molecule has 0 aromatic heterocycles. The molecule has 0 aliphatic carbocycles. The molecule has 0 aliphatic heterocycles. The lowest BCUT2D eigenvalue weighted by Crippen LogP contribution is -2.04. The van der Waals surface area contributed by atoms with Crippen LogP contribution in [0.25, 0.3) is 11.1 Å². The zero-order chi connectivity index (χ0) is 15.4. The standard InChI is InChI=1S/C16H18FNO3/c1-20-15-8-10(5-6-18)7-13(16(15)21-2)12-4-3-11(19)9-14(12)17/h3-4,7-9,19H,5-6,18H2,1-2H3. The minimum absolute atomic E-state index is 0.125. The number of hydrogen-bond acceptors (Lipinski definition) is 4. The zero-order valence-corrected chi connectivity index (χ0v) is 12.0. The maximum atomic E-state index is 14.1. The summed E-state index contributed by atoms with van der Waals surface area (Å²) in [5, 5.41) is 9.34. The second kappa shape index (κ2) is 6.45. The first-order valence-corrected chi connectivity index (χ1v) is 6.54. The van der Waals surface area contributed by atoms with Gasteiger partial charge in [0.15, 0.2) is 11.5 Å². The second-order valence-corrected chi connectivity index (χ2v) is 4.58. The Morgan fingerprint density at radius 3 is 2.43 bits per heavy atom. The predicted molar refractivity (Wildman–Crippen MR) is 79.4 cm³/mol. The Bertz CT molecular complexity index is 644. The van der Waals surface area contributed by atoms with Crippen LogP contribution >= 0.6 is 0 Å². The van der Waals surface area contributed by atoms with Crippen molar-refractivity contribution in [1.82, 2.24) is 0 Å². The molecule has 4 nitrogen and oxygen atoms in total. The lowest BCUT2D eigenvalue weighted by molar-refractivity contribution is 0.355. The minimum Gasteiger partial charge on any atom is -0.508 e. The first-order valence-electron chi connectivity index (χ1n) is 6.54. The number of methoxy groups -OCH3 is 2. The van der Waals surface area contributed by atoms with E-state index in [1.807, 2.05) is 12.1 Å². The molecule has 2 rings (SSSR count). The van der Waals surface area contributed by atoms with Gasteiger partial charge in [0.25, 0.3) is 0 Å².